The monoisotopic (exact) mass is 330 g/mol. The third kappa shape index (κ3) is 3.75. The van der Waals surface area contributed by atoms with Gasteiger partial charge < -0.3 is 9.64 Å². The van der Waals surface area contributed by atoms with E-state index < -0.39 is 0 Å². The molecule has 0 aliphatic carbocycles. The number of fused-ring (bicyclic) bond motifs is 1. The summed E-state index contributed by atoms with van der Waals surface area (Å²) in [5.41, 5.74) is 5.38. The van der Waals surface area contributed by atoms with Gasteiger partial charge in [-0.25, -0.2) is 0 Å². The molecule has 1 unspecified atom stereocenters. The van der Waals surface area contributed by atoms with E-state index in [1.807, 2.05) is 12.1 Å². The largest absolute Gasteiger partial charge is 0.487 e. The van der Waals surface area contributed by atoms with Gasteiger partial charge in [0.15, 0.2) is 0 Å². The normalized spacial score (nSPS) is 16.2. The minimum atomic E-state index is 0.751. The molecule has 0 spiro atoms. The van der Waals surface area contributed by atoms with Crippen molar-refractivity contribution in [3.8, 4) is 16.9 Å². The molecule has 0 amide bonds. The quantitative estimate of drug-likeness (QED) is 0.757. The highest BCUT2D eigenvalue weighted by Gasteiger charge is 2.18. The Balaban J connectivity index is 1.39. The maximum absolute atomic E-state index is 6.16. The van der Waals surface area contributed by atoms with E-state index in [9.17, 15) is 0 Å². The standard InChI is InChI=1S/C23H23NO/c1-2-9-20(10-3-1)22-12-6-7-13-23(22)25-17-16-24-15-14-19-8-4-5-11-21(19)18-24/h1-13H,14-18H2/p+1. The highest BCUT2D eigenvalue weighted by molar-refractivity contribution is 5.70. The van der Waals surface area contributed by atoms with Gasteiger partial charge in [0.2, 0.25) is 0 Å². The number of benzene rings is 3. The van der Waals surface area contributed by atoms with Crippen LogP contribution in [0.4, 0.5) is 0 Å². The van der Waals surface area contributed by atoms with Crippen LogP contribution in [-0.4, -0.2) is 19.7 Å². The van der Waals surface area contributed by atoms with Crippen molar-refractivity contribution in [2.45, 2.75) is 13.0 Å². The molecule has 0 radical (unpaired) electrons. The van der Waals surface area contributed by atoms with Gasteiger partial charge in [-0.05, 0) is 17.2 Å². The number of rotatable bonds is 5. The predicted molar refractivity (Wildman–Crippen MR) is 102 cm³/mol. The molecule has 0 saturated heterocycles. The van der Waals surface area contributed by atoms with Crippen LogP contribution in [-0.2, 0) is 13.0 Å². The molecule has 4 rings (SSSR count). The minimum absolute atomic E-state index is 0.751. The molecule has 1 N–H and O–H groups in total. The average Bonchev–Trinajstić information content (AvgIpc) is 2.69. The van der Waals surface area contributed by atoms with Gasteiger partial charge >= 0.3 is 0 Å². The molecule has 1 heterocycles. The van der Waals surface area contributed by atoms with E-state index in [1.54, 1.807) is 4.90 Å². The maximum atomic E-state index is 6.16. The van der Waals surface area contributed by atoms with Crippen LogP contribution in [0.3, 0.4) is 0 Å². The van der Waals surface area contributed by atoms with Crippen LogP contribution < -0.4 is 9.64 Å². The summed E-state index contributed by atoms with van der Waals surface area (Å²) in [5.74, 6) is 0.977. The molecule has 126 valence electrons. The lowest BCUT2D eigenvalue weighted by atomic mass is 10.0. The number of nitrogens with one attached hydrogen (secondary N) is 1. The third-order valence-electron chi connectivity index (χ3n) is 4.99. The molecule has 0 fully saturated rings. The van der Waals surface area contributed by atoms with E-state index in [4.69, 9.17) is 4.74 Å². The maximum Gasteiger partial charge on any atom is 0.137 e. The van der Waals surface area contributed by atoms with Crippen molar-refractivity contribution >= 4 is 0 Å². The van der Waals surface area contributed by atoms with Crippen molar-refractivity contribution in [3.05, 3.63) is 90.0 Å². The summed E-state index contributed by atoms with van der Waals surface area (Å²) >= 11 is 0. The Kier molecular flexibility index (Phi) is 4.80. The van der Waals surface area contributed by atoms with Gasteiger partial charge in [0.25, 0.3) is 0 Å². The lowest BCUT2D eigenvalue weighted by Crippen LogP contribution is -3.12. The van der Waals surface area contributed by atoms with Crippen LogP contribution in [0, 0.1) is 0 Å². The molecule has 25 heavy (non-hydrogen) atoms. The Morgan fingerprint density at radius 3 is 2.36 bits per heavy atom. The summed E-state index contributed by atoms with van der Waals surface area (Å²) in [6, 6.07) is 27.6. The van der Waals surface area contributed by atoms with E-state index in [2.05, 4.69) is 66.7 Å². The summed E-state index contributed by atoms with van der Waals surface area (Å²) in [6.45, 7) is 4.10. The Morgan fingerprint density at radius 1 is 0.760 bits per heavy atom. The SMILES string of the molecule is c1ccc(-c2ccccc2OCC[NH+]2CCc3ccccc3C2)cc1. The van der Waals surface area contributed by atoms with Crippen LogP contribution >= 0.6 is 0 Å². The van der Waals surface area contributed by atoms with Crippen LogP contribution in [0.1, 0.15) is 11.1 Å². The first-order chi connectivity index (χ1) is 12.4. The summed E-state index contributed by atoms with van der Waals surface area (Å²) in [7, 11) is 0. The number of para-hydroxylation sites is 1. The first-order valence-corrected chi connectivity index (χ1v) is 9.08. The average molecular weight is 330 g/mol. The zero-order valence-corrected chi connectivity index (χ0v) is 14.4. The van der Waals surface area contributed by atoms with Crippen LogP contribution in [0.15, 0.2) is 78.9 Å². The van der Waals surface area contributed by atoms with Crippen LogP contribution in [0.2, 0.25) is 0 Å². The molecule has 3 aromatic carbocycles. The number of ether oxygens (including phenoxy) is 1. The first kappa shape index (κ1) is 15.9. The lowest BCUT2D eigenvalue weighted by Gasteiger charge is -2.26. The van der Waals surface area contributed by atoms with E-state index in [0.717, 1.165) is 25.4 Å². The molecule has 1 atom stereocenters. The van der Waals surface area contributed by atoms with Crippen molar-refractivity contribution in [2.24, 2.45) is 0 Å². The topological polar surface area (TPSA) is 13.7 Å². The lowest BCUT2D eigenvalue weighted by molar-refractivity contribution is -0.915. The fraction of sp³-hybridized carbons (Fsp3) is 0.217. The van der Waals surface area contributed by atoms with E-state index in [-0.39, 0.29) is 0 Å². The highest BCUT2D eigenvalue weighted by atomic mass is 16.5. The minimum Gasteiger partial charge on any atom is -0.487 e. The molecule has 2 nitrogen and oxygen atoms in total. The Hall–Kier alpha value is -2.58. The number of hydrogen-bond donors (Lipinski definition) is 1. The molecular formula is C23H24NO+. The fourth-order valence-corrected chi connectivity index (χ4v) is 3.61. The molecule has 0 bridgehead atoms. The molecule has 0 aromatic heterocycles. The van der Waals surface area contributed by atoms with Crippen molar-refractivity contribution in [3.63, 3.8) is 0 Å². The molecule has 1 aliphatic heterocycles. The fourth-order valence-electron chi connectivity index (χ4n) is 3.61. The van der Waals surface area contributed by atoms with Gasteiger partial charge in [0, 0.05) is 17.5 Å². The third-order valence-corrected chi connectivity index (χ3v) is 4.99. The van der Waals surface area contributed by atoms with E-state index in [1.165, 1.54) is 35.2 Å². The Bertz CT molecular complexity index is 828. The zero-order chi connectivity index (χ0) is 16.9. The summed E-state index contributed by atoms with van der Waals surface area (Å²) < 4.78 is 6.16. The van der Waals surface area contributed by atoms with Crippen molar-refractivity contribution in [1.29, 1.82) is 0 Å². The van der Waals surface area contributed by atoms with Crippen molar-refractivity contribution in [2.75, 3.05) is 19.7 Å². The second kappa shape index (κ2) is 7.54. The number of hydrogen-bond acceptors (Lipinski definition) is 1. The molecule has 3 aromatic rings. The predicted octanol–water partition coefficient (Wildman–Crippen LogP) is 3.37. The zero-order valence-electron chi connectivity index (χ0n) is 14.4. The Labute approximate surface area is 149 Å². The van der Waals surface area contributed by atoms with E-state index in [0.29, 0.717) is 0 Å². The molecule has 0 saturated carbocycles. The van der Waals surface area contributed by atoms with E-state index >= 15 is 0 Å². The highest BCUT2D eigenvalue weighted by Crippen LogP contribution is 2.29. The summed E-state index contributed by atoms with van der Waals surface area (Å²) in [5, 5.41) is 0. The summed E-state index contributed by atoms with van der Waals surface area (Å²) in [6.07, 6.45) is 1.17. The second-order valence-electron chi connectivity index (χ2n) is 6.66. The van der Waals surface area contributed by atoms with Gasteiger partial charge in [-0.2, -0.15) is 0 Å². The second-order valence-corrected chi connectivity index (χ2v) is 6.66. The molecule has 2 heteroatoms. The first-order valence-electron chi connectivity index (χ1n) is 9.08. The van der Waals surface area contributed by atoms with Gasteiger partial charge in [-0.1, -0.05) is 72.8 Å². The van der Waals surface area contributed by atoms with Gasteiger partial charge in [-0.3, -0.25) is 0 Å². The number of quaternary nitrogens is 1. The van der Waals surface area contributed by atoms with Gasteiger partial charge in [0.1, 0.15) is 25.4 Å². The Morgan fingerprint density at radius 2 is 1.48 bits per heavy atom. The van der Waals surface area contributed by atoms with Crippen LogP contribution in [0.5, 0.6) is 5.75 Å². The van der Waals surface area contributed by atoms with Crippen molar-refractivity contribution < 1.29 is 9.64 Å². The molecule has 1 aliphatic rings. The summed E-state index contributed by atoms with van der Waals surface area (Å²) in [4.78, 5) is 1.61. The van der Waals surface area contributed by atoms with Crippen LogP contribution in [0.25, 0.3) is 11.1 Å². The molecular weight excluding hydrogens is 306 g/mol. The van der Waals surface area contributed by atoms with Gasteiger partial charge in [-0.15, -0.1) is 0 Å². The van der Waals surface area contributed by atoms with Gasteiger partial charge in [0.05, 0.1) is 6.54 Å². The smallest absolute Gasteiger partial charge is 0.137 e. The van der Waals surface area contributed by atoms with Crippen molar-refractivity contribution in [1.82, 2.24) is 0 Å².